The first-order valence-electron chi connectivity index (χ1n) is 4.07. The van der Waals surface area contributed by atoms with Gasteiger partial charge in [0.25, 0.3) is 0 Å². The van der Waals surface area contributed by atoms with E-state index in [-0.39, 0.29) is 12.4 Å². The van der Waals surface area contributed by atoms with E-state index in [1.807, 2.05) is 21.7 Å². The van der Waals surface area contributed by atoms with Gasteiger partial charge in [-0.05, 0) is 19.8 Å². The Hall–Kier alpha value is 1.02. The summed E-state index contributed by atoms with van der Waals surface area (Å²) in [5.41, 5.74) is 0. The summed E-state index contributed by atoms with van der Waals surface area (Å²) in [7, 11) is 0. The van der Waals surface area contributed by atoms with Crippen molar-refractivity contribution in [3.05, 3.63) is 0 Å². The summed E-state index contributed by atoms with van der Waals surface area (Å²) < 4.78 is 6.01. The molecule has 1 heterocycles. The van der Waals surface area contributed by atoms with Gasteiger partial charge in [-0.2, -0.15) is 0 Å². The molecule has 0 radical (unpaired) electrons. The summed E-state index contributed by atoms with van der Waals surface area (Å²) in [6.45, 7) is 7.46. The normalized spacial score (nSPS) is 22.2. The van der Waals surface area contributed by atoms with Gasteiger partial charge in [-0.3, -0.25) is 0 Å². The van der Waals surface area contributed by atoms with E-state index in [0.717, 1.165) is 10.7 Å². The molecule has 1 unspecified atom stereocenters. The maximum Gasteiger partial charge on any atom is -1.00 e. The molecular formula is C8H17ClMgO. The van der Waals surface area contributed by atoms with Crippen LogP contribution in [0.4, 0.5) is 0 Å². The van der Waals surface area contributed by atoms with E-state index in [0.29, 0.717) is 6.10 Å². The molecule has 0 N–H and O–H groups in total. The predicted molar refractivity (Wildman–Crippen MR) is 45.5 cm³/mol. The van der Waals surface area contributed by atoms with Crippen molar-refractivity contribution in [1.29, 1.82) is 0 Å². The van der Waals surface area contributed by atoms with Crippen LogP contribution in [0.1, 0.15) is 33.6 Å². The second kappa shape index (κ2) is 9.11. The average molecular weight is 189 g/mol. The number of hydrogen-bond acceptors (Lipinski definition) is 1. The van der Waals surface area contributed by atoms with Crippen molar-refractivity contribution in [3.63, 3.8) is 0 Å². The van der Waals surface area contributed by atoms with Gasteiger partial charge in [-0.1, -0.05) is 0 Å². The van der Waals surface area contributed by atoms with E-state index in [2.05, 4.69) is 20.8 Å². The SMILES string of the molecule is CC1CCCO1.C[CH](C)[Mg+].[Cl-]. The van der Waals surface area contributed by atoms with Crippen molar-refractivity contribution in [1.82, 2.24) is 0 Å². The van der Waals surface area contributed by atoms with E-state index >= 15 is 0 Å². The fraction of sp³-hybridized carbons (Fsp3) is 1.00. The van der Waals surface area contributed by atoms with Gasteiger partial charge in [0.15, 0.2) is 0 Å². The molecule has 1 aliphatic rings. The maximum absolute atomic E-state index is 5.15. The zero-order valence-corrected chi connectivity index (χ0v) is 9.94. The topological polar surface area (TPSA) is 9.23 Å². The number of rotatable bonds is 0. The maximum atomic E-state index is 5.15. The first-order chi connectivity index (χ1) is 4.63. The largest absolute Gasteiger partial charge is 1.00 e. The summed E-state index contributed by atoms with van der Waals surface area (Å²) in [5.74, 6) is 0. The van der Waals surface area contributed by atoms with Crippen molar-refractivity contribution in [2.45, 2.75) is 43.8 Å². The first-order valence-corrected chi connectivity index (χ1v) is 4.89. The van der Waals surface area contributed by atoms with Crippen molar-refractivity contribution >= 4 is 21.7 Å². The molecule has 0 aromatic carbocycles. The third-order valence-corrected chi connectivity index (χ3v) is 1.16. The zero-order chi connectivity index (χ0) is 7.98. The number of hydrogen-bond donors (Lipinski definition) is 0. The van der Waals surface area contributed by atoms with Crippen LogP contribution in [-0.2, 0) is 4.74 Å². The van der Waals surface area contributed by atoms with Crippen molar-refractivity contribution in [2.75, 3.05) is 6.61 Å². The molecule has 0 saturated carbocycles. The molecule has 1 nitrogen and oxygen atoms in total. The second-order valence-corrected chi connectivity index (χ2v) is 4.85. The van der Waals surface area contributed by atoms with Crippen LogP contribution < -0.4 is 12.4 Å². The molecule has 1 rings (SSSR count). The van der Waals surface area contributed by atoms with Crippen molar-refractivity contribution < 1.29 is 17.1 Å². The van der Waals surface area contributed by atoms with Crippen molar-refractivity contribution in [3.8, 4) is 0 Å². The molecule has 1 fully saturated rings. The van der Waals surface area contributed by atoms with E-state index in [1.165, 1.54) is 12.8 Å². The van der Waals surface area contributed by atoms with Gasteiger partial charge >= 0.3 is 39.6 Å². The molecule has 0 amide bonds. The van der Waals surface area contributed by atoms with Gasteiger partial charge < -0.3 is 17.1 Å². The van der Waals surface area contributed by atoms with Gasteiger partial charge in [0.1, 0.15) is 0 Å². The summed E-state index contributed by atoms with van der Waals surface area (Å²) in [6.07, 6.45) is 3.08. The fourth-order valence-corrected chi connectivity index (χ4v) is 0.739. The van der Waals surface area contributed by atoms with Crippen LogP contribution in [0.5, 0.6) is 0 Å². The summed E-state index contributed by atoms with van der Waals surface area (Å²) >= 11 is 2.00. The summed E-state index contributed by atoms with van der Waals surface area (Å²) in [4.78, 5) is 0. The van der Waals surface area contributed by atoms with Gasteiger partial charge in [0.2, 0.25) is 0 Å². The average Bonchev–Trinajstić information content (AvgIpc) is 2.15. The molecule has 64 valence electrons. The van der Waals surface area contributed by atoms with Gasteiger partial charge in [-0.25, -0.2) is 0 Å². The minimum absolute atomic E-state index is 0. The van der Waals surface area contributed by atoms with Crippen LogP contribution >= 0.6 is 0 Å². The Bertz CT molecular complexity index is 69.7. The zero-order valence-electron chi connectivity index (χ0n) is 7.77. The fourth-order valence-electron chi connectivity index (χ4n) is 0.739. The molecule has 0 aliphatic carbocycles. The molecule has 1 aliphatic heterocycles. The molecule has 1 atom stereocenters. The van der Waals surface area contributed by atoms with E-state index in [9.17, 15) is 0 Å². The second-order valence-electron chi connectivity index (χ2n) is 3.22. The molecule has 1 saturated heterocycles. The Balaban J connectivity index is 0. The quantitative estimate of drug-likeness (QED) is 0.452. The Morgan fingerprint density at radius 1 is 1.45 bits per heavy atom. The first kappa shape index (κ1) is 14.5. The standard InChI is InChI=1S/C5H10O.C3H7.ClH.Mg/c1-5-3-2-4-6-5;1-3-2;;/h5H,2-4H2,1H3;3H,1-2H3;1H;/q;;;+1/p-1. The van der Waals surface area contributed by atoms with Crippen LogP contribution in [0, 0.1) is 0 Å². The van der Waals surface area contributed by atoms with Gasteiger partial charge in [-0.15, -0.1) is 0 Å². The Morgan fingerprint density at radius 3 is 2.00 bits per heavy atom. The Labute approximate surface area is 89.1 Å². The molecule has 3 heteroatoms. The molecule has 0 bridgehead atoms. The monoisotopic (exact) mass is 188 g/mol. The number of ether oxygens (including phenoxy) is 1. The summed E-state index contributed by atoms with van der Waals surface area (Å²) in [5, 5.41) is 0. The van der Waals surface area contributed by atoms with E-state index in [1.54, 1.807) is 0 Å². The van der Waals surface area contributed by atoms with E-state index < -0.39 is 0 Å². The van der Waals surface area contributed by atoms with Crippen LogP contribution in [0.2, 0.25) is 4.05 Å². The molecule has 0 aromatic heterocycles. The Morgan fingerprint density at radius 2 is 1.91 bits per heavy atom. The van der Waals surface area contributed by atoms with Crippen LogP contribution in [-0.4, -0.2) is 34.4 Å². The van der Waals surface area contributed by atoms with E-state index in [4.69, 9.17) is 4.74 Å². The van der Waals surface area contributed by atoms with Crippen molar-refractivity contribution in [2.24, 2.45) is 0 Å². The van der Waals surface area contributed by atoms with Crippen LogP contribution in [0.3, 0.4) is 0 Å². The van der Waals surface area contributed by atoms with Gasteiger partial charge in [0, 0.05) is 6.61 Å². The molecule has 0 spiro atoms. The predicted octanol–water partition coefficient (Wildman–Crippen LogP) is -0.827. The molecule has 0 aromatic rings. The third kappa shape index (κ3) is 13.9. The minimum Gasteiger partial charge on any atom is -1.00 e. The molecule has 11 heavy (non-hydrogen) atoms. The third-order valence-electron chi connectivity index (χ3n) is 1.16. The van der Waals surface area contributed by atoms with Crippen LogP contribution in [0.25, 0.3) is 0 Å². The molecular weight excluding hydrogens is 172 g/mol. The number of halogens is 1. The van der Waals surface area contributed by atoms with Crippen LogP contribution in [0.15, 0.2) is 0 Å². The smallest absolute Gasteiger partial charge is 1.00 e. The minimum atomic E-state index is 0. The Kier molecular flexibility index (Phi) is 12.0. The van der Waals surface area contributed by atoms with Gasteiger partial charge in [0.05, 0.1) is 6.10 Å². The summed E-state index contributed by atoms with van der Waals surface area (Å²) in [6, 6.07) is 0.